The van der Waals surface area contributed by atoms with Gasteiger partial charge in [0, 0.05) is 23.6 Å². The maximum Gasteiger partial charge on any atom is 0.224 e. The van der Waals surface area contributed by atoms with Crippen molar-refractivity contribution in [1.29, 1.82) is 0 Å². The van der Waals surface area contributed by atoms with E-state index in [4.69, 9.17) is 16.6 Å². The van der Waals surface area contributed by atoms with Gasteiger partial charge in [0.1, 0.15) is 5.82 Å². The molecule has 0 saturated heterocycles. The Morgan fingerprint density at radius 3 is 2.44 bits per heavy atom. The Bertz CT molecular complexity index is 1230. The van der Waals surface area contributed by atoms with Crippen LogP contribution in [0.4, 0.5) is 0 Å². The number of hydrogen-bond donors (Lipinski definition) is 1. The second-order valence-electron chi connectivity index (χ2n) is 7.61. The third-order valence-corrected chi connectivity index (χ3v) is 5.71. The first kappa shape index (κ1) is 21.8. The number of amides is 1. The highest BCUT2D eigenvalue weighted by atomic mass is 35.5. The molecule has 0 aliphatic carbocycles. The summed E-state index contributed by atoms with van der Waals surface area (Å²) < 4.78 is 1.98. The van der Waals surface area contributed by atoms with Crippen molar-refractivity contribution in [2.45, 2.75) is 25.8 Å². The normalized spacial score (nSPS) is 10.9. The van der Waals surface area contributed by atoms with E-state index >= 15 is 0 Å². The van der Waals surface area contributed by atoms with Gasteiger partial charge in [0.05, 0.1) is 24.0 Å². The topological polar surface area (TPSA) is 64.0 Å². The lowest BCUT2D eigenvalue weighted by Crippen LogP contribution is -2.26. The van der Waals surface area contributed by atoms with Crippen LogP contribution in [0.3, 0.4) is 0 Å². The number of ketones is 1. The number of carbonyl (C=O) groups excluding carboxylic acids is 2. The largest absolute Gasteiger partial charge is 0.356 e. The third-order valence-electron chi connectivity index (χ3n) is 5.34. The number of rotatable bonds is 9. The predicted molar refractivity (Wildman–Crippen MR) is 127 cm³/mol. The standard InChI is InChI=1S/C26H24ClN3O2/c27-21-12-5-4-11-20(21)17-26(32)28-16-8-15-25-29-22-13-6-7-14-23(22)30(25)18-24(31)19-9-2-1-3-10-19/h1-7,9-14H,8,15-18H2,(H,28,32). The molecule has 1 heterocycles. The molecule has 0 unspecified atom stereocenters. The van der Waals surface area contributed by atoms with Gasteiger partial charge in [-0.2, -0.15) is 0 Å². The Kier molecular flexibility index (Phi) is 6.97. The molecule has 0 radical (unpaired) electrons. The number of benzene rings is 3. The molecule has 5 nitrogen and oxygen atoms in total. The van der Waals surface area contributed by atoms with E-state index in [1.54, 1.807) is 6.07 Å². The molecule has 6 heteroatoms. The number of aryl methyl sites for hydroxylation is 1. The fraction of sp³-hybridized carbons (Fsp3) is 0.192. The summed E-state index contributed by atoms with van der Waals surface area (Å²) in [6.07, 6.45) is 1.63. The van der Waals surface area contributed by atoms with Crippen LogP contribution in [-0.2, 0) is 24.2 Å². The van der Waals surface area contributed by atoms with E-state index in [2.05, 4.69) is 5.32 Å². The van der Waals surface area contributed by atoms with E-state index in [1.165, 1.54) is 0 Å². The van der Waals surface area contributed by atoms with Crippen LogP contribution in [0.25, 0.3) is 11.0 Å². The van der Waals surface area contributed by atoms with Gasteiger partial charge < -0.3 is 9.88 Å². The van der Waals surface area contributed by atoms with Gasteiger partial charge in [-0.15, -0.1) is 0 Å². The lowest BCUT2D eigenvalue weighted by Gasteiger charge is -2.10. The molecule has 0 bridgehead atoms. The molecule has 4 rings (SSSR count). The summed E-state index contributed by atoms with van der Waals surface area (Å²) in [5, 5.41) is 3.54. The smallest absolute Gasteiger partial charge is 0.224 e. The number of hydrogen-bond acceptors (Lipinski definition) is 3. The van der Waals surface area contributed by atoms with Gasteiger partial charge in [0.2, 0.25) is 5.91 Å². The highest BCUT2D eigenvalue weighted by Crippen LogP contribution is 2.18. The highest BCUT2D eigenvalue weighted by molar-refractivity contribution is 6.31. The number of halogens is 1. The van der Waals surface area contributed by atoms with E-state index < -0.39 is 0 Å². The molecular weight excluding hydrogens is 422 g/mol. The zero-order valence-corrected chi connectivity index (χ0v) is 18.4. The number of nitrogens with one attached hydrogen (secondary N) is 1. The Balaban J connectivity index is 1.39. The van der Waals surface area contributed by atoms with Crippen molar-refractivity contribution in [3.05, 3.63) is 101 Å². The lowest BCUT2D eigenvalue weighted by molar-refractivity contribution is -0.120. The second-order valence-corrected chi connectivity index (χ2v) is 8.02. The Labute approximate surface area is 192 Å². The molecule has 0 saturated carbocycles. The average Bonchev–Trinajstić information content (AvgIpc) is 3.16. The zero-order chi connectivity index (χ0) is 22.3. The number of imidazole rings is 1. The summed E-state index contributed by atoms with van der Waals surface area (Å²) in [6, 6.07) is 24.5. The Hall–Kier alpha value is -3.44. The lowest BCUT2D eigenvalue weighted by atomic mass is 10.1. The molecular formula is C26H24ClN3O2. The van der Waals surface area contributed by atoms with Crippen LogP contribution in [0.1, 0.15) is 28.2 Å². The van der Waals surface area contributed by atoms with Gasteiger partial charge in [-0.3, -0.25) is 9.59 Å². The summed E-state index contributed by atoms with van der Waals surface area (Å²) in [4.78, 5) is 29.8. The fourth-order valence-electron chi connectivity index (χ4n) is 3.70. The van der Waals surface area contributed by atoms with Crippen molar-refractivity contribution >= 4 is 34.3 Å². The van der Waals surface area contributed by atoms with E-state index in [0.29, 0.717) is 23.6 Å². The molecule has 1 amide bonds. The second kappa shape index (κ2) is 10.2. The first-order valence-corrected chi connectivity index (χ1v) is 11.0. The zero-order valence-electron chi connectivity index (χ0n) is 17.6. The number of aromatic nitrogens is 2. The molecule has 0 fully saturated rings. The van der Waals surface area contributed by atoms with Crippen molar-refractivity contribution in [3.8, 4) is 0 Å². The van der Waals surface area contributed by atoms with Crippen LogP contribution < -0.4 is 5.32 Å². The molecule has 0 aliphatic heterocycles. The van der Waals surface area contributed by atoms with E-state index in [9.17, 15) is 9.59 Å². The quantitative estimate of drug-likeness (QED) is 0.295. The number of nitrogens with zero attached hydrogens (tertiary/aromatic N) is 2. The number of para-hydroxylation sites is 2. The summed E-state index contributed by atoms with van der Waals surface area (Å²) in [6.45, 7) is 0.762. The SMILES string of the molecule is O=C(Cc1ccccc1Cl)NCCCc1nc2ccccc2n1CC(=O)c1ccccc1. The minimum absolute atomic E-state index is 0.0445. The van der Waals surface area contributed by atoms with Gasteiger partial charge >= 0.3 is 0 Å². The van der Waals surface area contributed by atoms with Crippen LogP contribution >= 0.6 is 11.6 Å². The monoisotopic (exact) mass is 445 g/mol. The number of Topliss-reactive ketones (excluding diaryl/α,β-unsaturated/α-hetero) is 1. The molecule has 4 aromatic rings. The summed E-state index contributed by atoms with van der Waals surface area (Å²) >= 11 is 6.13. The van der Waals surface area contributed by atoms with Crippen molar-refractivity contribution in [3.63, 3.8) is 0 Å². The predicted octanol–water partition coefficient (Wildman–Crippen LogP) is 4.86. The van der Waals surface area contributed by atoms with Gasteiger partial charge in [-0.05, 0) is 30.2 Å². The molecule has 162 valence electrons. The maximum absolute atomic E-state index is 12.8. The van der Waals surface area contributed by atoms with Crippen molar-refractivity contribution in [1.82, 2.24) is 14.9 Å². The fourth-order valence-corrected chi connectivity index (χ4v) is 3.91. The minimum atomic E-state index is -0.0640. The van der Waals surface area contributed by atoms with Gasteiger partial charge in [-0.25, -0.2) is 4.98 Å². The maximum atomic E-state index is 12.8. The number of carbonyl (C=O) groups is 2. The van der Waals surface area contributed by atoms with Crippen molar-refractivity contribution in [2.24, 2.45) is 0 Å². The first-order chi connectivity index (χ1) is 15.6. The highest BCUT2D eigenvalue weighted by Gasteiger charge is 2.15. The minimum Gasteiger partial charge on any atom is -0.356 e. The summed E-state index contributed by atoms with van der Waals surface area (Å²) in [7, 11) is 0. The molecule has 0 aliphatic rings. The molecule has 32 heavy (non-hydrogen) atoms. The van der Waals surface area contributed by atoms with Crippen LogP contribution in [0.2, 0.25) is 5.02 Å². The van der Waals surface area contributed by atoms with Crippen LogP contribution in [0, 0.1) is 0 Å². The molecule has 1 N–H and O–H groups in total. The van der Waals surface area contributed by atoms with E-state index in [-0.39, 0.29) is 24.7 Å². The van der Waals surface area contributed by atoms with Gasteiger partial charge in [0.25, 0.3) is 0 Å². The Morgan fingerprint density at radius 1 is 0.906 bits per heavy atom. The molecule has 3 aromatic carbocycles. The summed E-state index contributed by atoms with van der Waals surface area (Å²) in [5.41, 5.74) is 3.30. The number of fused-ring (bicyclic) bond motifs is 1. The van der Waals surface area contributed by atoms with Gasteiger partial charge in [0.15, 0.2) is 5.78 Å². The van der Waals surface area contributed by atoms with Crippen molar-refractivity contribution < 1.29 is 9.59 Å². The molecule has 1 aromatic heterocycles. The molecule has 0 atom stereocenters. The average molecular weight is 446 g/mol. The van der Waals surface area contributed by atoms with Crippen LogP contribution in [0.15, 0.2) is 78.9 Å². The third kappa shape index (κ3) is 5.24. The molecule has 0 spiro atoms. The van der Waals surface area contributed by atoms with Crippen LogP contribution in [0.5, 0.6) is 0 Å². The van der Waals surface area contributed by atoms with E-state index in [0.717, 1.165) is 28.8 Å². The van der Waals surface area contributed by atoms with Crippen LogP contribution in [-0.4, -0.2) is 27.8 Å². The van der Waals surface area contributed by atoms with Gasteiger partial charge in [-0.1, -0.05) is 72.3 Å². The summed E-state index contributed by atoms with van der Waals surface area (Å²) in [5.74, 6) is 0.824. The first-order valence-electron chi connectivity index (χ1n) is 10.6. The van der Waals surface area contributed by atoms with Crippen molar-refractivity contribution in [2.75, 3.05) is 6.54 Å². The Morgan fingerprint density at radius 2 is 1.62 bits per heavy atom. The van der Waals surface area contributed by atoms with E-state index in [1.807, 2.05) is 77.4 Å².